The van der Waals surface area contributed by atoms with Crippen LogP contribution in [0.15, 0.2) is 24.8 Å². The van der Waals surface area contributed by atoms with Crippen LogP contribution in [0.3, 0.4) is 0 Å². The summed E-state index contributed by atoms with van der Waals surface area (Å²) in [7, 11) is 0. The van der Waals surface area contributed by atoms with Crippen LogP contribution in [0.5, 0.6) is 0 Å². The first kappa shape index (κ1) is 16.4. The summed E-state index contributed by atoms with van der Waals surface area (Å²) in [5, 5.41) is 0. The molecule has 15 heavy (non-hydrogen) atoms. The normalized spacial score (nSPS) is 7.87. The molecule has 0 heterocycles. The van der Waals surface area contributed by atoms with Gasteiger partial charge >= 0.3 is 0 Å². The van der Waals surface area contributed by atoms with Crippen molar-refractivity contribution in [2.45, 2.75) is 48.0 Å². The first-order valence-electron chi connectivity index (χ1n) is 6.00. The molecule has 0 saturated carbocycles. The third-order valence-electron chi connectivity index (χ3n) is 1.90. The van der Waals surface area contributed by atoms with Crippen molar-refractivity contribution in [1.29, 1.82) is 0 Å². The Labute approximate surface area is 96.0 Å². The minimum absolute atomic E-state index is 1.09. The first-order valence-corrected chi connectivity index (χ1v) is 6.00. The van der Waals surface area contributed by atoms with E-state index >= 15 is 0 Å². The molecule has 0 N–H and O–H groups in total. The number of aryl methyl sites for hydroxylation is 2. The molecule has 86 valence electrons. The predicted molar refractivity (Wildman–Crippen MR) is 73.3 cm³/mol. The molecule has 0 radical (unpaired) electrons. The fourth-order valence-electron chi connectivity index (χ4n) is 1.24. The molecular weight excluding hydrogens is 180 g/mol. The number of benzene rings is 1. The molecule has 0 bridgehead atoms. The van der Waals surface area contributed by atoms with Gasteiger partial charge in [0.25, 0.3) is 0 Å². The van der Waals surface area contributed by atoms with Crippen LogP contribution in [0.25, 0.3) is 6.08 Å². The maximum absolute atomic E-state index is 3.77. The van der Waals surface area contributed by atoms with E-state index in [4.69, 9.17) is 0 Å². The van der Waals surface area contributed by atoms with Crippen LogP contribution in [0, 0.1) is 6.92 Å². The summed E-state index contributed by atoms with van der Waals surface area (Å²) in [6, 6.07) is 6.47. The van der Waals surface area contributed by atoms with E-state index in [2.05, 4.69) is 38.6 Å². The van der Waals surface area contributed by atoms with Crippen molar-refractivity contribution in [3.05, 3.63) is 41.5 Å². The molecule has 0 saturated heterocycles. The molecule has 0 aromatic heterocycles. The third-order valence-corrected chi connectivity index (χ3v) is 1.90. The van der Waals surface area contributed by atoms with Gasteiger partial charge in [-0.25, -0.2) is 0 Å². The van der Waals surface area contributed by atoms with Crippen LogP contribution < -0.4 is 0 Å². The van der Waals surface area contributed by atoms with Crippen molar-refractivity contribution < 1.29 is 0 Å². The Bertz CT molecular complexity index is 259. The molecule has 0 aliphatic rings. The average Bonchev–Trinajstić information content (AvgIpc) is 2.34. The van der Waals surface area contributed by atoms with Gasteiger partial charge in [-0.15, -0.1) is 0 Å². The largest absolute Gasteiger partial charge is 0.0985 e. The van der Waals surface area contributed by atoms with Crippen molar-refractivity contribution in [1.82, 2.24) is 0 Å². The molecule has 0 nitrogen and oxygen atoms in total. The Morgan fingerprint density at radius 2 is 1.67 bits per heavy atom. The van der Waals surface area contributed by atoms with Crippen molar-refractivity contribution in [3.8, 4) is 0 Å². The molecule has 0 spiro atoms. The van der Waals surface area contributed by atoms with Gasteiger partial charge in [-0.05, 0) is 24.5 Å². The summed E-state index contributed by atoms with van der Waals surface area (Å²) in [6.07, 6.45) is 3.00. The predicted octanol–water partition coefficient (Wildman–Crippen LogP) is 5.25. The minimum atomic E-state index is 1.09. The topological polar surface area (TPSA) is 0 Å². The standard InChI is InChI=1S/C11H14.2C2H6/c1-4-10-7-6-9(3)8-11(10)5-2;2*1-2/h4,6-8H,1,5H2,2-3H3;2*1-2H3. The van der Waals surface area contributed by atoms with Crippen LogP contribution in [0.1, 0.15) is 51.3 Å². The zero-order chi connectivity index (χ0) is 12.3. The molecule has 1 rings (SSSR count). The Hall–Kier alpha value is -1.04. The van der Waals surface area contributed by atoms with E-state index in [0.29, 0.717) is 0 Å². The first-order chi connectivity index (χ1) is 7.27. The summed E-state index contributed by atoms with van der Waals surface area (Å²) in [5.41, 5.74) is 3.98. The lowest BCUT2D eigenvalue weighted by Crippen LogP contribution is -1.86. The molecule has 0 unspecified atom stereocenters. The Balaban J connectivity index is 0. The van der Waals surface area contributed by atoms with E-state index in [1.807, 2.05) is 33.8 Å². The minimum Gasteiger partial charge on any atom is -0.0985 e. The fourth-order valence-corrected chi connectivity index (χ4v) is 1.24. The lowest BCUT2D eigenvalue weighted by Gasteiger charge is -2.03. The highest BCUT2D eigenvalue weighted by atomic mass is 14.0. The Morgan fingerprint density at radius 3 is 2.07 bits per heavy atom. The van der Waals surface area contributed by atoms with Gasteiger partial charge in [0, 0.05) is 0 Å². The fraction of sp³-hybridized carbons (Fsp3) is 0.467. The van der Waals surface area contributed by atoms with E-state index < -0.39 is 0 Å². The van der Waals surface area contributed by atoms with Gasteiger partial charge in [0.05, 0.1) is 0 Å². The van der Waals surface area contributed by atoms with Gasteiger partial charge in [0.15, 0.2) is 0 Å². The lowest BCUT2D eigenvalue weighted by atomic mass is 10.0. The number of hydrogen-bond donors (Lipinski definition) is 0. The highest BCUT2D eigenvalue weighted by Gasteiger charge is 1.95. The molecule has 0 atom stereocenters. The van der Waals surface area contributed by atoms with Crippen molar-refractivity contribution in [2.24, 2.45) is 0 Å². The van der Waals surface area contributed by atoms with Crippen LogP contribution in [0.4, 0.5) is 0 Å². The smallest absolute Gasteiger partial charge is 0.0230 e. The van der Waals surface area contributed by atoms with Crippen molar-refractivity contribution in [2.75, 3.05) is 0 Å². The van der Waals surface area contributed by atoms with Gasteiger partial charge in [-0.2, -0.15) is 0 Å². The van der Waals surface area contributed by atoms with Crippen LogP contribution >= 0.6 is 0 Å². The zero-order valence-corrected chi connectivity index (χ0v) is 11.2. The van der Waals surface area contributed by atoms with Crippen molar-refractivity contribution in [3.63, 3.8) is 0 Å². The van der Waals surface area contributed by atoms with E-state index in [0.717, 1.165) is 6.42 Å². The van der Waals surface area contributed by atoms with Crippen LogP contribution in [0.2, 0.25) is 0 Å². The molecule has 0 amide bonds. The zero-order valence-electron chi connectivity index (χ0n) is 11.2. The van der Waals surface area contributed by atoms with Crippen molar-refractivity contribution >= 4 is 6.08 Å². The second-order valence-electron chi connectivity index (χ2n) is 2.76. The summed E-state index contributed by atoms with van der Waals surface area (Å²) < 4.78 is 0. The van der Waals surface area contributed by atoms with Gasteiger partial charge in [0.1, 0.15) is 0 Å². The van der Waals surface area contributed by atoms with Gasteiger partial charge in [-0.3, -0.25) is 0 Å². The Morgan fingerprint density at radius 1 is 1.13 bits per heavy atom. The third kappa shape index (κ3) is 6.11. The summed E-state index contributed by atoms with van der Waals surface area (Å²) >= 11 is 0. The Kier molecular flexibility index (Phi) is 12.1. The molecular formula is C15H26. The summed E-state index contributed by atoms with van der Waals surface area (Å²) in [4.78, 5) is 0. The summed E-state index contributed by atoms with van der Waals surface area (Å²) in [5.74, 6) is 0. The van der Waals surface area contributed by atoms with E-state index in [1.54, 1.807) is 0 Å². The average molecular weight is 206 g/mol. The lowest BCUT2D eigenvalue weighted by molar-refractivity contribution is 1.12. The maximum atomic E-state index is 3.77. The van der Waals surface area contributed by atoms with Crippen LogP contribution in [-0.4, -0.2) is 0 Å². The van der Waals surface area contributed by atoms with E-state index in [1.165, 1.54) is 16.7 Å². The molecule has 0 fully saturated rings. The van der Waals surface area contributed by atoms with Gasteiger partial charge in [0.2, 0.25) is 0 Å². The summed E-state index contributed by atoms with van der Waals surface area (Å²) in [6.45, 7) is 16.1. The molecule has 0 aliphatic heterocycles. The van der Waals surface area contributed by atoms with Crippen LogP contribution in [-0.2, 0) is 6.42 Å². The monoisotopic (exact) mass is 206 g/mol. The molecule has 0 heteroatoms. The number of hydrogen-bond acceptors (Lipinski definition) is 0. The van der Waals surface area contributed by atoms with Gasteiger partial charge in [-0.1, -0.05) is 71.0 Å². The highest BCUT2D eigenvalue weighted by Crippen LogP contribution is 2.12. The second-order valence-corrected chi connectivity index (χ2v) is 2.76. The molecule has 1 aromatic carbocycles. The van der Waals surface area contributed by atoms with E-state index in [-0.39, 0.29) is 0 Å². The quantitative estimate of drug-likeness (QED) is 0.619. The van der Waals surface area contributed by atoms with Gasteiger partial charge < -0.3 is 0 Å². The second kappa shape index (κ2) is 11.0. The molecule has 0 aliphatic carbocycles. The molecule has 1 aromatic rings. The SMILES string of the molecule is C=Cc1ccc(C)cc1CC.CC.CC. The van der Waals surface area contributed by atoms with E-state index in [9.17, 15) is 0 Å². The number of rotatable bonds is 2. The highest BCUT2D eigenvalue weighted by molar-refractivity contribution is 5.52. The maximum Gasteiger partial charge on any atom is -0.0230 e.